The molecular weight excluding hydrogens is 532 g/mol. The molecule has 40 heavy (non-hydrogen) atoms. The van der Waals surface area contributed by atoms with Crippen LogP contribution in [-0.4, -0.2) is 105 Å². The molecule has 16 nitrogen and oxygen atoms in total. The molecule has 6 N–H and O–H groups in total. The number of hydrazine groups is 1. The summed E-state index contributed by atoms with van der Waals surface area (Å²) in [4.78, 5) is 95.2. The second kappa shape index (κ2) is 16.7. The van der Waals surface area contributed by atoms with Crippen LogP contribution >= 0.6 is 0 Å². The zero-order valence-electron chi connectivity index (χ0n) is 22.3. The topological polar surface area (TPSA) is 232 Å². The minimum atomic E-state index is -1.28. The van der Waals surface area contributed by atoms with Crippen molar-refractivity contribution in [2.24, 2.45) is 0 Å². The number of terminal acetylenes is 2. The number of carbonyl (C=O) groups excluding carboxylic acids is 6. The summed E-state index contributed by atoms with van der Waals surface area (Å²) in [6.07, 6.45) is 9.39. The first-order valence-electron chi connectivity index (χ1n) is 11.8. The SMILES string of the molecule is C#CC(=O)N(CCC(=O)NC(C)C(=O)NC(C)C(=O)O)N(CCC(=O)NC(C)C(=O)NC(C)C(=O)O)C(=O)C#C. The highest BCUT2D eigenvalue weighted by Gasteiger charge is 2.27. The highest BCUT2D eigenvalue weighted by molar-refractivity contribution is 5.98. The molecule has 0 bridgehead atoms. The Hall–Kier alpha value is -5.12. The van der Waals surface area contributed by atoms with Gasteiger partial charge in [-0.25, -0.2) is 10.0 Å². The smallest absolute Gasteiger partial charge is 0.325 e. The minimum absolute atomic E-state index is 0.473. The number of carboxylic acids is 2. The summed E-state index contributed by atoms with van der Waals surface area (Å²) in [5.74, 6) is -4.26. The van der Waals surface area contributed by atoms with Crippen LogP contribution in [0, 0.1) is 24.7 Å². The molecule has 218 valence electrons. The fourth-order valence-electron chi connectivity index (χ4n) is 2.79. The summed E-state index contributed by atoms with van der Waals surface area (Å²) < 4.78 is 0. The largest absolute Gasteiger partial charge is 0.480 e. The van der Waals surface area contributed by atoms with Gasteiger partial charge >= 0.3 is 23.8 Å². The highest BCUT2D eigenvalue weighted by atomic mass is 16.4. The molecule has 0 aromatic rings. The van der Waals surface area contributed by atoms with Crippen LogP contribution in [0.4, 0.5) is 0 Å². The van der Waals surface area contributed by atoms with E-state index in [1.807, 2.05) is 0 Å². The van der Waals surface area contributed by atoms with E-state index < -0.39 is 97.5 Å². The van der Waals surface area contributed by atoms with E-state index in [-0.39, 0.29) is 0 Å². The van der Waals surface area contributed by atoms with Crippen LogP contribution in [0.25, 0.3) is 0 Å². The summed E-state index contributed by atoms with van der Waals surface area (Å²) >= 11 is 0. The van der Waals surface area contributed by atoms with E-state index in [0.29, 0.717) is 10.0 Å². The van der Waals surface area contributed by atoms with Crippen molar-refractivity contribution in [1.82, 2.24) is 31.3 Å². The van der Waals surface area contributed by atoms with E-state index in [2.05, 4.69) is 21.3 Å². The van der Waals surface area contributed by atoms with Gasteiger partial charge in [0.1, 0.15) is 24.2 Å². The summed E-state index contributed by atoms with van der Waals surface area (Å²) in [5.41, 5.74) is 0. The molecule has 0 aliphatic carbocycles. The van der Waals surface area contributed by atoms with E-state index in [4.69, 9.17) is 23.1 Å². The van der Waals surface area contributed by atoms with Crippen molar-refractivity contribution < 1.29 is 48.6 Å². The Morgan fingerprint density at radius 1 is 0.600 bits per heavy atom. The molecule has 0 radical (unpaired) electrons. The van der Waals surface area contributed by atoms with Gasteiger partial charge in [0.2, 0.25) is 23.6 Å². The van der Waals surface area contributed by atoms with Crippen LogP contribution in [0.15, 0.2) is 0 Å². The molecule has 0 rings (SSSR count). The number of hydrogen-bond acceptors (Lipinski definition) is 8. The second-order valence-electron chi connectivity index (χ2n) is 8.36. The number of nitrogens with one attached hydrogen (secondary N) is 4. The van der Waals surface area contributed by atoms with Crippen molar-refractivity contribution in [1.29, 1.82) is 0 Å². The first kappa shape index (κ1) is 34.9. The van der Waals surface area contributed by atoms with Gasteiger partial charge in [0, 0.05) is 12.8 Å². The van der Waals surface area contributed by atoms with Gasteiger partial charge in [0.25, 0.3) is 0 Å². The summed E-state index contributed by atoms with van der Waals surface area (Å²) in [6, 6.07) is -4.70. The summed E-state index contributed by atoms with van der Waals surface area (Å²) in [7, 11) is 0. The van der Waals surface area contributed by atoms with Gasteiger partial charge in [-0.15, -0.1) is 12.8 Å². The Labute approximate surface area is 230 Å². The zero-order valence-corrected chi connectivity index (χ0v) is 22.3. The van der Waals surface area contributed by atoms with Gasteiger partial charge < -0.3 is 31.5 Å². The first-order valence-corrected chi connectivity index (χ1v) is 11.8. The zero-order chi connectivity index (χ0) is 31.2. The number of carbonyl (C=O) groups is 8. The average Bonchev–Trinajstić information content (AvgIpc) is 2.88. The molecule has 0 aromatic carbocycles. The number of nitrogens with zero attached hydrogens (tertiary/aromatic N) is 2. The average molecular weight is 565 g/mol. The van der Waals surface area contributed by atoms with E-state index in [1.54, 1.807) is 11.8 Å². The van der Waals surface area contributed by atoms with Crippen LogP contribution in [0.1, 0.15) is 40.5 Å². The summed E-state index contributed by atoms with van der Waals surface area (Å²) in [6.45, 7) is 4.06. The van der Waals surface area contributed by atoms with Crippen LogP contribution in [-0.2, 0) is 38.4 Å². The standard InChI is InChI=1S/C24H32N6O10/c1-7-19(33)29(11-9-17(31)25-13(3)21(35)27-15(5)23(37)38)30(20(34)8-2)12-10-18(32)26-14(4)22(36)28-16(6)24(39)40/h1-2,13-16H,9-12H2,3-6H3,(H,25,31)(H,26,32)(H,27,35)(H,28,36)(H,37,38)(H,39,40). The Morgan fingerprint density at radius 3 is 1.15 bits per heavy atom. The lowest BCUT2D eigenvalue weighted by atomic mass is 10.2. The predicted octanol–water partition coefficient (Wildman–Crippen LogP) is -3.21. The monoisotopic (exact) mass is 564 g/mol. The van der Waals surface area contributed by atoms with Crippen molar-refractivity contribution in [2.45, 2.75) is 64.7 Å². The third-order valence-electron chi connectivity index (χ3n) is 5.11. The van der Waals surface area contributed by atoms with Crippen molar-refractivity contribution in [3.63, 3.8) is 0 Å². The van der Waals surface area contributed by atoms with E-state index in [1.165, 1.54) is 27.7 Å². The number of aliphatic carboxylic acids is 2. The molecule has 0 aromatic heterocycles. The van der Waals surface area contributed by atoms with Gasteiger partial charge in [-0.2, -0.15) is 0 Å². The van der Waals surface area contributed by atoms with Crippen LogP contribution in [0.3, 0.4) is 0 Å². The normalized spacial score (nSPS) is 12.9. The molecule has 6 amide bonds. The Balaban J connectivity index is 5.31. The third kappa shape index (κ3) is 12.0. The summed E-state index contributed by atoms with van der Waals surface area (Å²) in [5, 5.41) is 28.0. The third-order valence-corrected chi connectivity index (χ3v) is 5.11. The maximum atomic E-state index is 12.3. The fraction of sp³-hybridized carbons (Fsp3) is 0.500. The number of amides is 6. The molecule has 0 saturated carbocycles. The maximum Gasteiger partial charge on any atom is 0.325 e. The van der Waals surface area contributed by atoms with Crippen LogP contribution < -0.4 is 21.3 Å². The molecule has 0 saturated heterocycles. The van der Waals surface area contributed by atoms with Gasteiger partial charge in [-0.1, -0.05) is 0 Å². The second-order valence-corrected chi connectivity index (χ2v) is 8.36. The molecule has 16 heteroatoms. The molecule has 0 spiro atoms. The van der Waals surface area contributed by atoms with Crippen molar-refractivity contribution in [3.8, 4) is 24.7 Å². The quantitative estimate of drug-likeness (QED) is 0.0913. The molecule has 0 heterocycles. The lowest BCUT2D eigenvalue weighted by Gasteiger charge is -2.32. The van der Waals surface area contributed by atoms with Crippen molar-refractivity contribution in [2.75, 3.05) is 13.1 Å². The van der Waals surface area contributed by atoms with Crippen molar-refractivity contribution in [3.05, 3.63) is 0 Å². The first-order chi connectivity index (χ1) is 18.5. The Kier molecular flexibility index (Phi) is 14.5. The Morgan fingerprint density at radius 2 is 0.900 bits per heavy atom. The molecule has 0 fully saturated rings. The number of rotatable bonds is 14. The van der Waals surface area contributed by atoms with Gasteiger partial charge in [-0.05, 0) is 39.5 Å². The fourth-order valence-corrected chi connectivity index (χ4v) is 2.79. The maximum absolute atomic E-state index is 12.3. The minimum Gasteiger partial charge on any atom is -0.480 e. The van der Waals surface area contributed by atoms with Gasteiger partial charge in [-0.3, -0.25) is 38.4 Å². The van der Waals surface area contributed by atoms with Gasteiger partial charge in [0.15, 0.2) is 0 Å². The number of hydrogen-bond donors (Lipinski definition) is 6. The molecule has 0 aliphatic rings. The number of carboxylic acid groups (broad SMARTS) is 2. The molecule has 4 unspecified atom stereocenters. The predicted molar refractivity (Wildman–Crippen MR) is 136 cm³/mol. The molecular formula is C24H32N6O10. The van der Waals surface area contributed by atoms with E-state index >= 15 is 0 Å². The van der Waals surface area contributed by atoms with Crippen LogP contribution in [0.5, 0.6) is 0 Å². The van der Waals surface area contributed by atoms with Crippen molar-refractivity contribution >= 4 is 47.4 Å². The lowest BCUT2D eigenvalue weighted by molar-refractivity contribution is -0.157. The molecule has 4 atom stereocenters. The van der Waals surface area contributed by atoms with E-state index in [9.17, 15) is 38.4 Å². The van der Waals surface area contributed by atoms with E-state index in [0.717, 1.165) is 0 Å². The molecule has 0 aliphatic heterocycles. The highest BCUT2D eigenvalue weighted by Crippen LogP contribution is 2.05. The Bertz CT molecular complexity index is 1020. The van der Waals surface area contributed by atoms with Gasteiger partial charge in [0.05, 0.1) is 13.1 Å². The lowest BCUT2D eigenvalue weighted by Crippen LogP contribution is -2.53. The van der Waals surface area contributed by atoms with Crippen LogP contribution in [0.2, 0.25) is 0 Å².